The van der Waals surface area contributed by atoms with E-state index in [0.29, 0.717) is 0 Å². The molecule has 0 aliphatic rings. The zero-order chi connectivity index (χ0) is 0. The molecule has 0 N–H and O–H groups in total. The van der Waals surface area contributed by atoms with Crippen LogP contribution in [0.25, 0.3) is 0 Å². The normalized spacial score (nSPS) is 0. The summed E-state index contributed by atoms with van der Waals surface area (Å²) in [5.41, 5.74) is 0. The van der Waals surface area contributed by atoms with Crippen molar-refractivity contribution >= 4 is 0 Å². The molecule has 0 aliphatic carbocycles. The predicted octanol–water partition coefficient (Wildman–Crippen LogP) is -0.0625. The fourth-order valence-electron chi connectivity index (χ4n) is 0. The minimum atomic E-state index is 0. The van der Waals surface area contributed by atoms with Crippen molar-refractivity contribution in [1.29, 1.82) is 0 Å². The van der Waals surface area contributed by atoms with E-state index in [1.165, 1.54) is 0 Å². The molecule has 0 amide bonds. The number of hydrogen-bond acceptors (Lipinski definition) is 0. The average molecular weight is 2220 g/mol. The molecule has 25 heteroatoms. The molecule has 0 saturated heterocycles. The maximum absolute atomic E-state index is 0. The number of rotatable bonds is 0. The van der Waals surface area contributed by atoms with Crippen LogP contribution in [0.3, 0.4) is 0 Å². The van der Waals surface area contributed by atoms with E-state index in [0.717, 1.165) is 0 Å². The van der Waals surface area contributed by atoms with Gasteiger partial charge in [-0.3, -0.25) is 0 Å². The van der Waals surface area contributed by atoms with Gasteiger partial charge >= 0.3 is 0 Å². The average Bonchev–Trinajstić information content (AvgIpc) is 0. The molecule has 0 aromatic heterocycles. The van der Waals surface area contributed by atoms with Crippen molar-refractivity contribution in [2.75, 3.05) is 0 Å². The molecule has 0 unspecified atom stereocenters. The van der Waals surface area contributed by atoms with E-state index in [1.807, 2.05) is 0 Å². The van der Waals surface area contributed by atoms with Gasteiger partial charge in [-0.2, -0.15) is 0 Å². The Labute approximate surface area is 786 Å². The standard InChI is InChI=1S/25Y. The molecule has 0 nitrogen and oxygen atoms in total. The van der Waals surface area contributed by atoms with Crippen LogP contribution in [0, 0.1) is 0 Å². The van der Waals surface area contributed by atoms with Crippen molar-refractivity contribution in [3.63, 3.8) is 0 Å². The first kappa shape index (κ1) is 184. The second-order valence-corrected chi connectivity index (χ2v) is 0. The van der Waals surface area contributed by atoms with Gasteiger partial charge in [0, 0.05) is 818 Å². The zero-order valence-electron chi connectivity index (χ0n) is 14.4. The van der Waals surface area contributed by atoms with Gasteiger partial charge in [0.15, 0.2) is 0 Å². The number of hydrogen-bond donors (Lipinski definition) is 0. The van der Waals surface area contributed by atoms with E-state index in [2.05, 4.69) is 0 Å². The molecule has 75 valence electrons. The molecule has 0 aromatic rings. The molecule has 0 rings (SSSR count). The monoisotopic (exact) mass is 2220 g/mol. The Morgan fingerprint density at radius 3 is 0.0400 bits per heavy atom. The second kappa shape index (κ2) is 173. The van der Waals surface area contributed by atoms with Gasteiger partial charge in [0.1, 0.15) is 0 Å². The fraction of sp³-hybridized carbons (Fsp3) is 0. The Morgan fingerprint density at radius 1 is 0.0400 bits per heavy atom. The van der Waals surface area contributed by atoms with Gasteiger partial charge in [-0.15, -0.1) is 0 Å². The third kappa shape index (κ3) is 167. The predicted molar refractivity (Wildman–Crippen MR) is 0 cm³/mol. The van der Waals surface area contributed by atoms with Crippen molar-refractivity contribution in [2.24, 2.45) is 0 Å². The summed E-state index contributed by atoms with van der Waals surface area (Å²) in [6.45, 7) is 0. The summed E-state index contributed by atoms with van der Waals surface area (Å²) in [7, 11) is 0. The molecular weight excluding hydrogens is 2220 g/mol. The summed E-state index contributed by atoms with van der Waals surface area (Å²) in [6, 6.07) is 0. The minimum Gasteiger partial charge on any atom is 0 e. The van der Waals surface area contributed by atoms with E-state index in [1.54, 1.807) is 0 Å². The van der Waals surface area contributed by atoms with Crippen LogP contribution in [-0.4, -0.2) is 0 Å². The zero-order valence-corrected chi connectivity index (χ0v) is 85.4. The van der Waals surface area contributed by atoms with Crippen LogP contribution in [0.5, 0.6) is 0 Å². The largest absolute Gasteiger partial charge is 0 e. The summed E-state index contributed by atoms with van der Waals surface area (Å²) < 4.78 is 0. The summed E-state index contributed by atoms with van der Waals surface area (Å²) in [5, 5.41) is 0. The molecule has 0 heterocycles. The second-order valence-electron chi connectivity index (χ2n) is 0. The summed E-state index contributed by atoms with van der Waals surface area (Å²) in [4.78, 5) is 0. The van der Waals surface area contributed by atoms with Gasteiger partial charge in [-0.25, -0.2) is 0 Å². The molecule has 0 fully saturated rings. The maximum atomic E-state index is 0. The van der Waals surface area contributed by atoms with E-state index in [4.69, 9.17) is 0 Å². The van der Waals surface area contributed by atoms with Crippen molar-refractivity contribution in [2.45, 2.75) is 0 Å². The van der Waals surface area contributed by atoms with Crippen LogP contribution in [0.1, 0.15) is 0 Å². The summed E-state index contributed by atoms with van der Waals surface area (Å²) in [6.07, 6.45) is 0. The fourth-order valence-corrected chi connectivity index (χ4v) is 0. The van der Waals surface area contributed by atoms with Gasteiger partial charge in [0.05, 0.1) is 0 Å². The Hall–Kier alpha value is 27.6. The topological polar surface area (TPSA) is 0 Å². The molecule has 0 atom stereocenters. The Balaban J connectivity index is 0. The van der Waals surface area contributed by atoms with Crippen LogP contribution < -0.4 is 0 Å². The van der Waals surface area contributed by atoms with Gasteiger partial charge in [-0.1, -0.05) is 0 Å². The smallest absolute Gasteiger partial charge is 0 e. The molecule has 0 aliphatic heterocycles. The van der Waals surface area contributed by atoms with E-state index >= 15 is 0 Å². The van der Waals surface area contributed by atoms with E-state index in [9.17, 15) is 0 Å². The van der Waals surface area contributed by atoms with Gasteiger partial charge in [0.25, 0.3) is 0 Å². The Kier molecular flexibility index (Phi) is 1280. The molecule has 0 aromatic carbocycles. The van der Waals surface area contributed by atoms with Crippen molar-refractivity contribution in [1.82, 2.24) is 0 Å². The first-order valence-corrected chi connectivity index (χ1v) is 0. The molecule has 25 heavy (non-hydrogen) atoms. The summed E-state index contributed by atoms with van der Waals surface area (Å²) >= 11 is 0. The third-order valence-corrected chi connectivity index (χ3v) is 0. The first-order valence-electron chi connectivity index (χ1n) is 0. The van der Waals surface area contributed by atoms with Gasteiger partial charge in [0.2, 0.25) is 0 Å². The molecule has 0 spiro atoms. The Bertz CT molecular complexity index is 0. The van der Waals surface area contributed by atoms with Crippen molar-refractivity contribution in [3.05, 3.63) is 0 Å². The van der Waals surface area contributed by atoms with Crippen LogP contribution in [0.2, 0.25) is 0 Å². The minimum absolute atomic E-state index is 0. The van der Waals surface area contributed by atoms with Crippen LogP contribution in [-0.2, 0) is 818 Å². The van der Waals surface area contributed by atoms with Crippen LogP contribution >= 0.6 is 0 Å². The van der Waals surface area contributed by atoms with Gasteiger partial charge in [-0.05, 0) is 0 Å². The molecule has 25 radical (unpaired) electrons. The third-order valence-electron chi connectivity index (χ3n) is 0. The quantitative estimate of drug-likeness (QED) is 0.320. The molecular formula is Y25. The van der Waals surface area contributed by atoms with E-state index in [-0.39, 0.29) is 818 Å². The SMILES string of the molecule is [Y].[Y].[Y].[Y].[Y].[Y].[Y].[Y].[Y].[Y].[Y].[Y].[Y].[Y].[Y].[Y].[Y].[Y].[Y].[Y].[Y].[Y].[Y].[Y].[Y]. The first-order chi connectivity index (χ1) is 0. The Morgan fingerprint density at radius 2 is 0.0400 bits per heavy atom. The molecule has 0 saturated carbocycles. The van der Waals surface area contributed by atoms with E-state index < -0.39 is 0 Å². The molecule has 0 bridgehead atoms. The van der Waals surface area contributed by atoms with Crippen LogP contribution in [0.15, 0.2) is 0 Å². The van der Waals surface area contributed by atoms with Crippen LogP contribution in [0.4, 0.5) is 0 Å². The maximum Gasteiger partial charge on any atom is 0 e. The summed E-state index contributed by atoms with van der Waals surface area (Å²) in [5.74, 6) is 0. The van der Waals surface area contributed by atoms with Gasteiger partial charge < -0.3 is 0 Å². The van der Waals surface area contributed by atoms with Crippen molar-refractivity contribution < 1.29 is 818 Å². The van der Waals surface area contributed by atoms with Crippen molar-refractivity contribution in [3.8, 4) is 0 Å².